The highest BCUT2D eigenvalue weighted by Crippen LogP contribution is 2.40. The fourth-order valence-corrected chi connectivity index (χ4v) is 4.96. The summed E-state index contributed by atoms with van der Waals surface area (Å²) in [4.78, 5) is 31.9. The van der Waals surface area contributed by atoms with Crippen LogP contribution in [0.1, 0.15) is 27.3 Å². The number of likely N-dealkylation sites (N-methyl/N-ethyl adjacent to an activating group) is 1. The summed E-state index contributed by atoms with van der Waals surface area (Å²) in [6, 6.07) is 23.5. The van der Waals surface area contributed by atoms with E-state index in [-0.39, 0.29) is 11.8 Å². The zero-order chi connectivity index (χ0) is 27.5. The number of carbonyl (C=O) groups is 2. The summed E-state index contributed by atoms with van der Waals surface area (Å²) >= 11 is 0. The summed E-state index contributed by atoms with van der Waals surface area (Å²) in [5.41, 5.74) is 7.69. The minimum atomic E-state index is -0.189. The van der Waals surface area contributed by atoms with Crippen LogP contribution in [0.5, 0.6) is 5.75 Å². The first kappa shape index (κ1) is 26.0. The fourth-order valence-electron chi connectivity index (χ4n) is 4.96. The highest BCUT2D eigenvalue weighted by molar-refractivity contribution is 6.35. The van der Waals surface area contributed by atoms with Crippen LogP contribution in [-0.4, -0.2) is 56.0 Å². The third-order valence-corrected chi connectivity index (χ3v) is 6.86. The quantitative estimate of drug-likeness (QED) is 0.270. The van der Waals surface area contributed by atoms with Gasteiger partial charge >= 0.3 is 0 Å². The Hall–Kier alpha value is -4.62. The molecule has 0 spiro atoms. The van der Waals surface area contributed by atoms with Gasteiger partial charge in [0.2, 0.25) is 0 Å². The Labute approximate surface area is 228 Å². The van der Waals surface area contributed by atoms with E-state index in [1.54, 1.807) is 7.11 Å². The van der Waals surface area contributed by atoms with Gasteiger partial charge in [-0.1, -0.05) is 60.7 Å². The number of amides is 2. The first-order valence-corrected chi connectivity index (χ1v) is 12.9. The number of carbonyl (C=O) groups excluding carboxylic acids is 2. The van der Waals surface area contributed by atoms with Crippen LogP contribution in [0.4, 0.5) is 5.69 Å². The number of aryl methyl sites for hydroxylation is 1. The molecular formula is C32H32N4O3. The van der Waals surface area contributed by atoms with Gasteiger partial charge in [-0.25, -0.2) is 0 Å². The average Bonchev–Trinajstić information content (AvgIpc) is 3.43. The lowest BCUT2D eigenvalue weighted by Crippen LogP contribution is -2.31. The van der Waals surface area contributed by atoms with E-state index in [9.17, 15) is 9.59 Å². The van der Waals surface area contributed by atoms with Gasteiger partial charge in [-0.05, 0) is 50.4 Å². The number of anilines is 1. The molecule has 0 atom stereocenters. The number of aromatic nitrogens is 1. The second-order valence-corrected chi connectivity index (χ2v) is 9.81. The molecule has 0 bridgehead atoms. The van der Waals surface area contributed by atoms with Gasteiger partial charge in [-0.3, -0.25) is 9.59 Å². The molecule has 0 unspecified atom stereocenters. The van der Waals surface area contributed by atoms with E-state index in [1.165, 1.54) is 0 Å². The molecule has 5 rings (SSSR count). The van der Waals surface area contributed by atoms with Crippen molar-refractivity contribution in [3.8, 4) is 28.0 Å². The molecule has 2 amide bonds. The predicted octanol–water partition coefficient (Wildman–Crippen LogP) is 5.45. The molecule has 1 aliphatic rings. The normalized spacial score (nSPS) is 13.5. The third-order valence-electron chi connectivity index (χ3n) is 6.86. The molecule has 0 saturated heterocycles. The monoisotopic (exact) mass is 520 g/mol. The smallest absolute Gasteiger partial charge is 0.256 e. The first-order valence-electron chi connectivity index (χ1n) is 12.9. The Morgan fingerprint density at radius 3 is 2.46 bits per heavy atom. The zero-order valence-corrected chi connectivity index (χ0v) is 22.6. The Kier molecular flexibility index (Phi) is 7.34. The highest BCUT2D eigenvalue weighted by atomic mass is 16.5. The molecule has 3 N–H and O–H groups in total. The predicted molar refractivity (Wildman–Crippen MR) is 157 cm³/mol. The number of hydrogen-bond donors (Lipinski definition) is 3. The molecule has 7 nitrogen and oxygen atoms in total. The summed E-state index contributed by atoms with van der Waals surface area (Å²) in [6.07, 6.45) is 1.84. The van der Waals surface area contributed by atoms with Crippen molar-refractivity contribution in [2.45, 2.75) is 6.92 Å². The van der Waals surface area contributed by atoms with Crippen molar-refractivity contribution < 1.29 is 14.3 Å². The number of nitrogens with zero attached hydrogens (tertiary/aromatic N) is 1. The highest BCUT2D eigenvalue weighted by Gasteiger charge is 2.27. The van der Waals surface area contributed by atoms with Crippen LogP contribution in [0.25, 0.3) is 33.9 Å². The number of benzene rings is 3. The van der Waals surface area contributed by atoms with Crippen molar-refractivity contribution in [1.29, 1.82) is 0 Å². The number of fused-ring (bicyclic) bond motifs is 1. The zero-order valence-electron chi connectivity index (χ0n) is 22.6. The van der Waals surface area contributed by atoms with Gasteiger partial charge in [0, 0.05) is 46.9 Å². The average molecular weight is 521 g/mol. The van der Waals surface area contributed by atoms with Crippen molar-refractivity contribution in [2.24, 2.45) is 0 Å². The number of hydrogen-bond acceptors (Lipinski definition) is 4. The van der Waals surface area contributed by atoms with Gasteiger partial charge < -0.3 is 25.3 Å². The summed E-state index contributed by atoms with van der Waals surface area (Å²) in [5, 5.41) is 6.04. The van der Waals surface area contributed by atoms with Crippen LogP contribution >= 0.6 is 0 Å². The van der Waals surface area contributed by atoms with Crippen LogP contribution in [0.3, 0.4) is 0 Å². The van der Waals surface area contributed by atoms with Crippen molar-refractivity contribution in [1.82, 2.24) is 15.2 Å². The van der Waals surface area contributed by atoms with Crippen molar-refractivity contribution in [2.75, 3.05) is 39.6 Å². The molecule has 2 heterocycles. The van der Waals surface area contributed by atoms with Crippen LogP contribution in [0.15, 0.2) is 72.8 Å². The number of nitrogens with one attached hydrogen (secondary N) is 3. The molecule has 3 aromatic carbocycles. The van der Waals surface area contributed by atoms with E-state index in [2.05, 4.69) is 15.6 Å². The lowest BCUT2D eigenvalue weighted by atomic mass is 9.96. The Morgan fingerprint density at radius 2 is 1.72 bits per heavy atom. The summed E-state index contributed by atoms with van der Waals surface area (Å²) < 4.78 is 5.53. The molecule has 1 aromatic heterocycles. The fraction of sp³-hybridized carbons (Fsp3) is 0.188. The molecule has 39 heavy (non-hydrogen) atoms. The van der Waals surface area contributed by atoms with E-state index in [1.807, 2.05) is 105 Å². The molecular weight excluding hydrogens is 488 g/mol. The molecule has 1 aliphatic heterocycles. The summed E-state index contributed by atoms with van der Waals surface area (Å²) in [6.45, 7) is 3.16. The van der Waals surface area contributed by atoms with E-state index in [4.69, 9.17) is 4.74 Å². The number of methoxy groups -OCH3 is 1. The number of H-pyrrole nitrogens is 1. The second-order valence-electron chi connectivity index (χ2n) is 9.81. The van der Waals surface area contributed by atoms with Gasteiger partial charge in [0.05, 0.1) is 18.2 Å². The van der Waals surface area contributed by atoms with Crippen LogP contribution in [0.2, 0.25) is 0 Å². The van der Waals surface area contributed by atoms with Crippen LogP contribution in [-0.2, 0) is 4.79 Å². The third kappa shape index (κ3) is 5.22. The number of para-hydroxylation sites is 1. The minimum absolute atomic E-state index is 0.146. The van der Waals surface area contributed by atoms with Gasteiger partial charge in [-0.2, -0.15) is 0 Å². The Balaban J connectivity index is 1.57. The molecule has 0 fully saturated rings. The largest absolute Gasteiger partial charge is 0.496 e. The number of ether oxygens (including phenoxy) is 1. The van der Waals surface area contributed by atoms with E-state index in [0.29, 0.717) is 23.4 Å². The van der Waals surface area contributed by atoms with Gasteiger partial charge in [-0.15, -0.1) is 0 Å². The van der Waals surface area contributed by atoms with E-state index in [0.717, 1.165) is 51.5 Å². The van der Waals surface area contributed by atoms with Crippen LogP contribution < -0.4 is 15.4 Å². The van der Waals surface area contributed by atoms with E-state index >= 15 is 0 Å². The summed E-state index contributed by atoms with van der Waals surface area (Å²) in [5.74, 6) is 0.431. The maximum absolute atomic E-state index is 13.3. The Morgan fingerprint density at radius 1 is 0.974 bits per heavy atom. The number of rotatable bonds is 8. The molecule has 0 aliphatic carbocycles. The summed E-state index contributed by atoms with van der Waals surface area (Å²) in [7, 11) is 5.59. The van der Waals surface area contributed by atoms with E-state index < -0.39 is 0 Å². The Bertz CT molecular complexity index is 1570. The standard InChI is InChI=1S/C32H32N4O3/c1-20-29(32(38)33-16-17-36(2)3)30(21-10-6-5-7-11-21)27(34-20)19-25-24-15-14-22(18-26(24)35-31(25)37)23-12-8-9-13-28(23)39-4/h5-15,18-19,34H,16-17H2,1-4H3,(H,33,38)(H,35,37)/b25-19-. The molecule has 198 valence electrons. The molecule has 0 saturated carbocycles. The molecule has 4 aromatic rings. The SMILES string of the molecule is COc1ccccc1-c1ccc2c(c1)NC(=O)/C2=C\c1[nH]c(C)c(C(=O)NCCN(C)C)c1-c1ccccc1. The topological polar surface area (TPSA) is 86.5 Å². The van der Waals surface area contributed by atoms with Crippen LogP contribution in [0, 0.1) is 6.92 Å². The first-order chi connectivity index (χ1) is 18.9. The minimum Gasteiger partial charge on any atom is -0.496 e. The van der Waals surface area contributed by atoms with Gasteiger partial charge in [0.1, 0.15) is 5.75 Å². The lowest BCUT2D eigenvalue weighted by molar-refractivity contribution is -0.110. The molecule has 7 heteroatoms. The van der Waals surface area contributed by atoms with Crippen molar-refractivity contribution >= 4 is 29.2 Å². The lowest BCUT2D eigenvalue weighted by Gasteiger charge is -2.12. The van der Waals surface area contributed by atoms with Crippen molar-refractivity contribution in [3.63, 3.8) is 0 Å². The van der Waals surface area contributed by atoms with Crippen molar-refractivity contribution in [3.05, 3.63) is 95.3 Å². The maximum Gasteiger partial charge on any atom is 0.256 e. The maximum atomic E-state index is 13.3. The van der Waals surface area contributed by atoms with Gasteiger partial charge in [0.15, 0.2) is 0 Å². The second kappa shape index (κ2) is 11.0. The van der Waals surface area contributed by atoms with Gasteiger partial charge in [0.25, 0.3) is 11.8 Å². The molecule has 0 radical (unpaired) electrons. The number of aromatic amines is 1.